The highest BCUT2D eigenvalue weighted by Crippen LogP contribution is 2.07. The number of imidazole rings is 1. The fourth-order valence-electron chi connectivity index (χ4n) is 3.22. The third-order valence-electron chi connectivity index (χ3n) is 4.71. The van der Waals surface area contributed by atoms with E-state index >= 15 is 0 Å². The van der Waals surface area contributed by atoms with Crippen LogP contribution in [0.1, 0.15) is 27.3 Å². The summed E-state index contributed by atoms with van der Waals surface area (Å²) >= 11 is 0. The number of rotatable bonds is 8. The van der Waals surface area contributed by atoms with Crippen LogP contribution >= 0.6 is 0 Å². The Labute approximate surface area is 169 Å². The molecular formula is C23H23N5O. The number of nitrogens with one attached hydrogen (secondary N) is 1. The Morgan fingerprint density at radius 1 is 0.931 bits per heavy atom. The molecule has 0 spiro atoms. The van der Waals surface area contributed by atoms with Crippen LogP contribution in [0.15, 0.2) is 85.5 Å². The van der Waals surface area contributed by atoms with Crippen molar-refractivity contribution in [2.75, 3.05) is 6.54 Å². The third-order valence-corrected chi connectivity index (χ3v) is 4.71. The summed E-state index contributed by atoms with van der Waals surface area (Å²) in [5.41, 5.74) is 2.93. The van der Waals surface area contributed by atoms with Gasteiger partial charge in [-0.3, -0.25) is 9.48 Å². The number of hydrogen-bond donors (Lipinski definition) is 1. The molecule has 0 bridgehead atoms. The molecule has 2 aromatic heterocycles. The average Bonchev–Trinajstić information content (AvgIpc) is 3.39. The minimum Gasteiger partial charge on any atom is -0.351 e. The predicted octanol–water partition coefficient (Wildman–Crippen LogP) is 3.15. The number of carbonyl (C=O) groups excluding carboxylic acids is 1. The summed E-state index contributed by atoms with van der Waals surface area (Å²) in [5.74, 6) is 0.833. The van der Waals surface area contributed by atoms with Crippen LogP contribution in [0.3, 0.4) is 0 Å². The lowest BCUT2D eigenvalue weighted by Crippen LogP contribution is -2.26. The third kappa shape index (κ3) is 4.99. The van der Waals surface area contributed by atoms with E-state index in [9.17, 15) is 4.79 Å². The highest BCUT2D eigenvalue weighted by Gasteiger charge is 2.10. The van der Waals surface area contributed by atoms with E-state index in [-0.39, 0.29) is 5.91 Å². The summed E-state index contributed by atoms with van der Waals surface area (Å²) in [6.45, 7) is 1.94. The molecule has 146 valence electrons. The molecule has 0 fully saturated rings. The molecule has 1 amide bonds. The van der Waals surface area contributed by atoms with E-state index in [1.807, 2.05) is 54.7 Å². The Morgan fingerprint density at radius 3 is 2.34 bits per heavy atom. The number of amides is 1. The van der Waals surface area contributed by atoms with Crippen molar-refractivity contribution in [1.82, 2.24) is 24.6 Å². The molecule has 6 heteroatoms. The van der Waals surface area contributed by atoms with E-state index < -0.39 is 0 Å². The largest absolute Gasteiger partial charge is 0.351 e. The quantitative estimate of drug-likeness (QED) is 0.507. The molecule has 0 aliphatic heterocycles. The Hall–Kier alpha value is -3.67. The van der Waals surface area contributed by atoms with Gasteiger partial charge in [-0.1, -0.05) is 60.7 Å². The maximum atomic E-state index is 12.4. The molecule has 0 aliphatic rings. The molecule has 4 rings (SSSR count). The Morgan fingerprint density at radius 2 is 1.62 bits per heavy atom. The van der Waals surface area contributed by atoms with E-state index in [0.717, 1.165) is 17.9 Å². The van der Waals surface area contributed by atoms with Crippen LogP contribution in [0.2, 0.25) is 0 Å². The van der Waals surface area contributed by atoms with Crippen molar-refractivity contribution in [3.63, 3.8) is 0 Å². The number of nitrogens with zero attached hydrogens (tertiary/aromatic N) is 4. The molecule has 1 N–H and O–H groups in total. The summed E-state index contributed by atoms with van der Waals surface area (Å²) in [5, 5.41) is 7.25. The zero-order valence-corrected chi connectivity index (χ0v) is 16.1. The fraction of sp³-hybridized carbons (Fsp3) is 0.174. The molecule has 0 unspecified atom stereocenters. The van der Waals surface area contributed by atoms with Gasteiger partial charge in [-0.05, 0) is 11.1 Å². The lowest BCUT2D eigenvalue weighted by atomic mass is 10.2. The van der Waals surface area contributed by atoms with E-state index in [0.29, 0.717) is 25.1 Å². The van der Waals surface area contributed by atoms with Gasteiger partial charge in [0.1, 0.15) is 5.82 Å². The first-order valence-electron chi connectivity index (χ1n) is 9.66. The SMILES string of the molecule is O=C(NCCc1nccn1Cc1ccccc1)c1cnn(Cc2ccccc2)c1. The van der Waals surface area contributed by atoms with Crippen molar-refractivity contribution in [1.29, 1.82) is 0 Å². The average molecular weight is 385 g/mol. The summed E-state index contributed by atoms with van der Waals surface area (Å²) in [6.07, 6.45) is 7.82. The summed E-state index contributed by atoms with van der Waals surface area (Å²) in [6, 6.07) is 20.3. The van der Waals surface area contributed by atoms with Crippen LogP contribution in [0.5, 0.6) is 0 Å². The number of carbonyl (C=O) groups is 1. The smallest absolute Gasteiger partial charge is 0.254 e. The van der Waals surface area contributed by atoms with E-state index in [1.165, 1.54) is 5.56 Å². The topological polar surface area (TPSA) is 64.7 Å². The van der Waals surface area contributed by atoms with Crippen molar-refractivity contribution < 1.29 is 4.79 Å². The molecule has 4 aromatic rings. The van der Waals surface area contributed by atoms with Crippen LogP contribution in [-0.2, 0) is 19.5 Å². The predicted molar refractivity (Wildman–Crippen MR) is 112 cm³/mol. The van der Waals surface area contributed by atoms with Gasteiger partial charge in [-0.25, -0.2) is 4.98 Å². The lowest BCUT2D eigenvalue weighted by Gasteiger charge is -2.08. The van der Waals surface area contributed by atoms with Crippen molar-refractivity contribution in [3.05, 3.63) is 108 Å². The summed E-state index contributed by atoms with van der Waals surface area (Å²) in [4.78, 5) is 16.9. The van der Waals surface area contributed by atoms with Gasteiger partial charge < -0.3 is 9.88 Å². The van der Waals surface area contributed by atoms with Gasteiger partial charge in [-0.2, -0.15) is 5.10 Å². The van der Waals surface area contributed by atoms with Crippen molar-refractivity contribution in [2.45, 2.75) is 19.5 Å². The van der Waals surface area contributed by atoms with Gasteiger partial charge in [0.2, 0.25) is 0 Å². The second-order valence-electron chi connectivity index (χ2n) is 6.88. The van der Waals surface area contributed by atoms with Gasteiger partial charge >= 0.3 is 0 Å². The van der Waals surface area contributed by atoms with Gasteiger partial charge in [0, 0.05) is 38.1 Å². The molecule has 2 heterocycles. The molecule has 0 radical (unpaired) electrons. The number of aromatic nitrogens is 4. The van der Waals surface area contributed by atoms with Crippen LogP contribution in [0.4, 0.5) is 0 Å². The minimum absolute atomic E-state index is 0.120. The van der Waals surface area contributed by atoms with Crippen LogP contribution < -0.4 is 5.32 Å². The first kappa shape index (κ1) is 18.7. The second kappa shape index (κ2) is 9.01. The zero-order valence-electron chi connectivity index (χ0n) is 16.1. The molecule has 2 aromatic carbocycles. The van der Waals surface area contributed by atoms with E-state index in [4.69, 9.17) is 0 Å². The highest BCUT2D eigenvalue weighted by atomic mass is 16.1. The summed E-state index contributed by atoms with van der Waals surface area (Å²) < 4.78 is 3.89. The number of benzene rings is 2. The first-order valence-corrected chi connectivity index (χ1v) is 9.66. The lowest BCUT2D eigenvalue weighted by molar-refractivity contribution is 0.0954. The van der Waals surface area contributed by atoms with Crippen LogP contribution in [0.25, 0.3) is 0 Å². The molecule has 0 aliphatic carbocycles. The molecular weight excluding hydrogens is 362 g/mol. The molecule has 0 saturated carbocycles. The molecule has 29 heavy (non-hydrogen) atoms. The van der Waals surface area contributed by atoms with Crippen LogP contribution in [-0.4, -0.2) is 31.8 Å². The number of hydrogen-bond acceptors (Lipinski definition) is 3. The first-order chi connectivity index (χ1) is 14.3. The normalized spacial score (nSPS) is 10.8. The Balaban J connectivity index is 1.29. The fourth-order valence-corrected chi connectivity index (χ4v) is 3.22. The van der Waals surface area contributed by atoms with Crippen molar-refractivity contribution >= 4 is 5.91 Å². The standard InChI is InChI=1S/C23H23N5O/c29-23(21-15-26-28(18-21)17-20-9-5-2-6-10-20)25-12-11-22-24-13-14-27(22)16-19-7-3-1-4-8-19/h1-10,13-15,18H,11-12,16-17H2,(H,25,29). The van der Waals surface area contributed by atoms with E-state index in [2.05, 4.69) is 32.1 Å². The van der Waals surface area contributed by atoms with Gasteiger partial charge in [-0.15, -0.1) is 0 Å². The van der Waals surface area contributed by atoms with Gasteiger partial charge in [0.15, 0.2) is 0 Å². The Kier molecular flexibility index (Phi) is 5.81. The maximum Gasteiger partial charge on any atom is 0.254 e. The molecule has 6 nitrogen and oxygen atoms in total. The van der Waals surface area contributed by atoms with Crippen molar-refractivity contribution in [2.24, 2.45) is 0 Å². The van der Waals surface area contributed by atoms with E-state index in [1.54, 1.807) is 23.3 Å². The van der Waals surface area contributed by atoms with Gasteiger partial charge in [0.25, 0.3) is 5.91 Å². The minimum atomic E-state index is -0.120. The Bertz CT molecular complexity index is 1050. The molecule has 0 atom stereocenters. The molecule has 0 saturated heterocycles. The maximum absolute atomic E-state index is 12.4. The monoisotopic (exact) mass is 385 g/mol. The van der Waals surface area contributed by atoms with Crippen molar-refractivity contribution in [3.8, 4) is 0 Å². The summed E-state index contributed by atoms with van der Waals surface area (Å²) in [7, 11) is 0. The zero-order chi connectivity index (χ0) is 19.9. The second-order valence-corrected chi connectivity index (χ2v) is 6.88. The highest BCUT2D eigenvalue weighted by molar-refractivity contribution is 5.93. The van der Waals surface area contributed by atoms with Crippen LogP contribution in [0, 0.1) is 0 Å². The van der Waals surface area contributed by atoms with Gasteiger partial charge in [0.05, 0.1) is 18.3 Å².